The Bertz CT molecular complexity index is 255. The van der Waals surface area contributed by atoms with Gasteiger partial charge in [0.25, 0.3) is 0 Å². The van der Waals surface area contributed by atoms with Gasteiger partial charge in [-0.05, 0) is 25.3 Å². The van der Waals surface area contributed by atoms with Crippen LogP contribution in [-0.4, -0.2) is 34.7 Å². The molecule has 0 aromatic rings. The molecule has 1 unspecified atom stereocenters. The van der Waals surface area contributed by atoms with E-state index in [2.05, 4.69) is 19.2 Å². The van der Waals surface area contributed by atoms with Crippen LogP contribution in [0.25, 0.3) is 0 Å². The van der Waals surface area contributed by atoms with Crippen molar-refractivity contribution < 1.29 is 19.8 Å². The lowest BCUT2D eigenvalue weighted by Gasteiger charge is -2.19. The van der Waals surface area contributed by atoms with Gasteiger partial charge in [0.15, 0.2) is 0 Å². The summed E-state index contributed by atoms with van der Waals surface area (Å²) in [6.07, 6.45) is 4.40. The second-order valence-corrected chi connectivity index (χ2v) is 4.65. The Hall–Kier alpha value is -1.10. The predicted octanol–water partition coefficient (Wildman–Crippen LogP) is 2.11. The molecule has 0 saturated heterocycles. The minimum Gasteiger partial charge on any atom is -0.481 e. The van der Waals surface area contributed by atoms with Crippen molar-refractivity contribution in [3.8, 4) is 0 Å². The number of aliphatic carboxylic acids is 2. The topological polar surface area (TPSA) is 86.6 Å². The van der Waals surface area contributed by atoms with E-state index in [-0.39, 0.29) is 12.8 Å². The lowest BCUT2D eigenvalue weighted by molar-refractivity contribution is -0.140. The third kappa shape index (κ3) is 8.06. The van der Waals surface area contributed by atoms with Crippen LogP contribution in [0.1, 0.15) is 52.4 Å². The molecule has 0 aromatic heterocycles. The Kier molecular flexibility index (Phi) is 9.28. The summed E-state index contributed by atoms with van der Waals surface area (Å²) >= 11 is 0. The molecule has 0 amide bonds. The molecule has 0 aliphatic rings. The Morgan fingerprint density at radius 2 is 1.83 bits per heavy atom. The van der Waals surface area contributed by atoms with Crippen LogP contribution in [0.5, 0.6) is 0 Å². The number of nitrogens with one attached hydrogen (secondary N) is 1. The molecule has 0 fully saturated rings. The third-order valence-corrected chi connectivity index (χ3v) is 3.14. The van der Waals surface area contributed by atoms with Gasteiger partial charge in [-0.1, -0.05) is 33.1 Å². The van der Waals surface area contributed by atoms with E-state index in [0.717, 1.165) is 25.7 Å². The van der Waals surface area contributed by atoms with Gasteiger partial charge in [-0.25, -0.2) is 0 Å². The highest BCUT2D eigenvalue weighted by molar-refractivity contribution is 5.75. The maximum absolute atomic E-state index is 11.0. The van der Waals surface area contributed by atoms with Crippen molar-refractivity contribution in [1.29, 1.82) is 0 Å². The fourth-order valence-corrected chi connectivity index (χ4v) is 1.83. The molecule has 2 atom stereocenters. The molecule has 0 spiro atoms. The van der Waals surface area contributed by atoms with E-state index in [9.17, 15) is 9.59 Å². The standard InChI is InChI=1S/C13H25NO4/c1-3-5-6-10(4-2)9-14-11(13(17)18)7-8-12(15)16/h10-11,14H,3-9H2,1-2H3,(H,15,16)(H,17,18)/t10?,11-/m0/s1. The molecule has 18 heavy (non-hydrogen) atoms. The van der Waals surface area contributed by atoms with E-state index in [1.165, 1.54) is 0 Å². The van der Waals surface area contributed by atoms with Crippen LogP contribution in [0.4, 0.5) is 0 Å². The molecule has 5 nitrogen and oxygen atoms in total. The summed E-state index contributed by atoms with van der Waals surface area (Å²) in [5.74, 6) is -1.46. The maximum Gasteiger partial charge on any atom is 0.320 e. The molecule has 0 rings (SSSR count). The molecule has 5 heteroatoms. The number of carboxylic acid groups (broad SMARTS) is 2. The molecule has 0 aliphatic heterocycles. The van der Waals surface area contributed by atoms with Crippen LogP contribution in [0.2, 0.25) is 0 Å². The third-order valence-electron chi connectivity index (χ3n) is 3.14. The van der Waals surface area contributed by atoms with Crippen molar-refractivity contribution in [2.75, 3.05) is 6.54 Å². The minimum absolute atomic E-state index is 0.115. The summed E-state index contributed by atoms with van der Waals surface area (Å²) in [6.45, 7) is 4.87. The van der Waals surface area contributed by atoms with Gasteiger partial charge in [-0.3, -0.25) is 9.59 Å². The normalized spacial score (nSPS) is 14.1. The summed E-state index contributed by atoms with van der Waals surface area (Å²) in [7, 11) is 0. The van der Waals surface area contributed by atoms with Crippen LogP contribution in [0.3, 0.4) is 0 Å². The zero-order valence-corrected chi connectivity index (χ0v) is 11.3. The summed E-state index contributed by atoms with van der Waals surface area (Å²) < 4.78 is 0. The molecule has 0 aromatic carbocycles. The highest BCUT2D eigenvalue weighted by Gasteiger charge is 2.19. The second kappa shape index (κ2) is 9.88. The summed E-state index contributed by atoms with van der Waals surface area (Å²) in [4.78, 5) is 21.4. The summed E-state index contributed by atoms with van der Waals surface area (Å²) in [5, 5.41) is 20.5. The highest BCUT2D eigenvalue weighted by atomic mass is 16.4. The lowest BCUT2D eigenvalue weighted by Crippen LogP contribution is -2.39. The smallest absolute Gasteiger partial charge is 0.320 e. The SMILES string of the molecule is CCCCC(CC)CN[C@@H](CCC(=O)O)C(=O)O. The van der Waals surface area contributed by atoms with Crippen LogP contribution in [0.15, 0.2) is 0 Å². The van der Waals surface area contributed by atoms with Crippen molar-refractivity contribution in [3.63, 3.8) is 0 Å². The van der Waals surface area contributed by atoms with Crippen LogP contribution in [0, 0.1) is 5.92 Å². The molecule has 106 valence electrons. The average molecular weight is 259 g/mol. The zero-order chi connectivity index (χ0) is 14.0. The monoisotopic (exact) mass is 259 g/mol. The zero-order valence-electron chi connectivity index (χ0n) is 11.3. The molecule has 3 N–H and O–H groups in total. The van der Waals surface area contributed by atoms with Crippen molar-refractivity contribution in [3.05, 3.63) is 0 Å². The average Bonchev–Trinajstić information content (AvgIpc) is 2.31. The van der Waals surface area contributed by atoms with Crippen molar-refractivity contribution in [1.82, 2.24) is 5.32 Å². The van der Waals surface area contributed by atoms with Crippen LogP contribution >= 0.6 is 0 Å². The Morgan fingerprint density at radius 3 is 2.28 bits per heavy atom. The molecular weight excluding hydrogens is 234 g/mol. The van der Waals surface area contributed by atoms with E-state index in [1.807, 2.05) is 0 Å². The second-order valence-electron chi connectivity index (χ2n) is 4.65. The highest BCUT2D eigenvalue weighted by Crippen LogP contribution is 2.12. The van der Waals surface area contributed by atoms with Gasteiger partial charge in [-0.15, -0.1) is 0 Å². The predicted molar refractivity (Wildman–Crippen MR) is 69.6 cm³/mol. The first-order chi connectivity index (χ1) is 8.51. The summed E-state index contributed by atoms with van der Waals surface area (Å²) in [6, 6.07) is -0.753. The Balaban J connectivity index is 4.07. The van der Waals surface area contributed by atoms with Crippen LogP contribution < -0.4 is 5.32 Å². The van der Waals surface area contributed by atoms with E-state index < -0.39 is 18.0 Å². The number of unbranched alkanes of at least 4 members (excludes halogenated alkanes) is 1. The first-order valence-corrected chi connectivity index (χ1v) is 6.69. The molecule has 0 saturated carbocycles. The van der Waals surface area contributed by atoms with E-state index in [1.54, 1.807) is 0 Å². The van der Waals surface area contributed by atoms with Crippen molar-refractivity contribution >= 4 is 11.9 Å². The van der Waals surface area contributed by atoms with E-state index in [4.69, 9.17) is 10.2 Å². The molecule has 0 bridgehead atoms. The molecular formula is C13H25NO4. The molecule has 0 heterocycles. The number of rotatable bonds is 11. The minimum atomic E-state index is -0.971. The molecule has 0 radical (unpaired) electrons. The van der Waals surface area contributed by atoms with Crippen molar-refractivity contribution in [2.45, 2.75) is 58.4 Å². The lowest BCUT2D eigenvalue weighted by atomic mass is 9.98. The maximum atomic E-state index is 11.0. The fraction of sp³-hybridized carbons (Fsp3) is 0.846. The summed E-state index contributed by atoms with van der Waals surface area (Å²) in [5.41, 5.74) is 0. The number of hydrogen-bond acceptors (Lipinski definition) is 3. The first kappa shape index (κ1) is 16.9. The fourth-order valence-electron chi connectivity index (χ4n) is 1.83. The quantitative estimate of drug-likeness (QED) is 0.529. The molecule has 0 aliphatic carbocycles. The van der Waals surface area contributed by atoms with Gasteiger partial charge in [0.05, 0.1) is 0 Å². The van der Waals surface area contributed by atoms with Gasteiger partial charge in [0.1, 0.15) is 6.04 Å². The van der Waals surface area contributed by atoms with Crippen LogP contribution in [-0.2, 0) is 9.59 Å². The number of carbonyl (C=O) groups is 2. The van der Waals surface area contributed by atoms with E-state index >= 15 is 0 Å². The van der Waals surface area contributed by atoms with Crippen molar-refractivity contribution in [2.24, 2.45) is 5.92 Å². The largest absolute Gasteiger partial charge is 0.481 e. The number of carboxylic acids is 2. The van der Waals surface area contributed by atoms with Gasteiger partial charge in [0, 0.05) is 6.42 Å². The Morgan fingerprint density at radius 1 is 1.17 bits per heavy atom. The van der Waals surface area contributed by atoms with Gasteiger partial charge >= 0.3 is 11.9 Å². The van der Waals surface area contributed by atoms with Gasteiger partial charge < -0.3 is 15.5 Å². The first-order valence-electron chi connectivity index (χ1n) is 6.69. The Labute approximate surface area is 109 Å². The number of hydrogen-bond donors (Lipinski definition) is 3. The van der Waals surface area contributed by atoms with Gasteiger partial charge in [0.2, 0.25) is 0 Å². The van der Waals surface area contributed by atoms with E-state index in [0.29, 0.717) is 12.5 Å². The van der Waals surface area contributed by atoms with Gasteiger partial charge in [-0.2, -0.15) is 0 Å².